The zero-order valence-electron chi connectivity index (χ0n) is 17.5. The summed E-state index contributed by atoms with van der Waals surface area (Å²) in [5, 5.41) is 0. The monoisotopic (exact) mass is 432 g/mol. The van der Waals surface area contributed by atoms with Gasteiger partial charge in [-0.25, -0.2) is 17.2 Å². The summed E-state index contributed by atoms with van der Waals surface area (Å²) in [7, 11) is -2.35. The predicted octanol–water partition coefficient (Wildman–Crippen LogP) is 3.08. The van der Waals surface area contributed by atoms with Crippen LogP contribution in [0.3, 0.4) is 0 Å². The minimum atomic E-state index is -3.77. The fourth-order valence-corrected chi connectivity index (χ4v) is 5.20. The molecule has 1 aliphatic rings. The van der Waals surface area contributed by atoms with E-state index in [9.17, 15) is 22.0 Å². The number of sulfonamides is 1. The lowest BCUT2D eigenvalue weighted by molar-refractivity contribution is 0.0478. The maximum absolute atomic E-state index is 13.2. The molecule has 0 saturated carbocycles. The Morgan fingerprint density at radius 1 is 1.28 bits per heavy atom. The number of carbonyl (C=O) groups is 1. The van der Waals surface area contributed by atoms with Gasteiger partial charge in [-0.2, -0.15) is 4.31 Å². The van der Waals surface area contributed by atoms with Crippen molar-refractivity contribution in [2.24, 2.45) is 5.92 Å². The summed E-state index contributed by atoms with van der Waals surface area (Å²) in [5.74, 6) is -0.157. The number of piperidine rings is 1. The van der Waals surface area contributed by atoms with Gasteiger partial charge in [0.1, 0.15) is 0 Å². The molecule has 0 aromatic heterocycles. The minimum Gasteiger partial charge on any atom is -0.383 e. The van der Waals surface area contributed by atoms with Crippen LogP contribution in [-0.2, 0) is 14.8 Å². The van der Waals surface area contributed by atoms with Gasteiger partial charge >= 0.3 is 0 Å². The largest absolute Gasteiger partial charge is 0.383 e. The predicted molar refractivity (Wildman–Crippen MR) is 107 cm³/mol. The first-order chi connectivity index (χ1) is 13.6. The zero-order valence-corrected chi connectivity index (χ0v) is 18.3. The van der Waals surface area contributed by atoms with Gasteiger partial charge in [0.05, 0.1) is 18.0 Å². The summed E-state index contributed by atoms with van der Waals surface area (Å²) in [6.45, 7) is 5.76. The fraction of sp³-hybridized carbons (Fsp3) is 0.650. The average Bonchev–Trinajstić information content (AvgIpc) is 2.66. The first kappa shape index (κ1) is 23.7. The van der Waals surface area contributed by atoms with Crippen molar-refractivity contribution >= 4 is 15.9 Å². The van der Waals surface area contributed by atoms with E-state index in [0.29, 0.717) is 30.1 Å². The van der Waals surface area contributed by atoms with Crippen molar-refractivity contribution < 1.29 is 26.7 Å². The van der Waals surface area contributed by atoms with E-state index in [0.717, 1.165) is 17.7 Å². The Labute approximate surface area is 171 Å². The second-order valence-corrected chi connectivity index (χ2v) is 9.54. The number of rotatable bonds is 8. The number of hydrogen-bond acceptors (Lipinski definition) is 4. The van der Waals surface area contributed by atoms with Crippen molar-refractivity contribution in [3.63, 3.8) is 0 Å². The summed E-state index contributed by atoms with van der Waals surface area (Å²) in [6.07, 6.45) is -1.12. The highest BCUT2D eigenvalue weighted by molar-refractivity contribution is 7.89. The molecule has 164 valence electrons. The molecule has 0 unspecified atom stereocenters. The van der Waals surface area contributed by atoms with Crippen LogP contribution in [0.2, 0.25) is 0 Å². The van der Waals surface area contributed by atoms with Gasteiger partial charge in [0.25, 0.3) is 12.3 Å². The van der Waals surface area contributed by atoms with Crippen LogP contribution >= 0.6 is 0 Å². The van der Waals surface area contributed by atoms with Crippen molar-refractivity contribution in [1.82, 2.24) is 9.21 Å². The number of aryl methyl sites for hydroxylation is 1. The summed E-state index contributed by atoms with van der Waals surface area (Å²) >= 11 is 0. The molecule has 6 nitrogen and oxygen atoms in total. The van der Waals surface area contributed by atoms with Crippen LogP contribution in [0.25, 0.3) is 0 Å². The van der Waals surface area contributed by atoms with E-state index in [4.69, 9.17) is 4.74 Å². The molecule has 1 fully saturated rings. The lowest BCUT2D eigenvalue weighted by Crippen LogP contribution is -2.39. The van der Waals surface area contributed by atoms with Gasteiger partial charge in [-0.1, -0.05) is 6.92 Å². The van der Waals surface area contributed by atoms with Crippen molar-refractivity contribution in [2.45, 2.75) is 44.9 Å². The highest BCUT2D eigenvalue weighted by Gasteiger charge is 2.31. The highest BCUT2D eigenvalue weighted by Crippen LogP contribution is 2.28. The highest BCUT2D eigenvalue weighted by atomic mass is 32.2. The van der Waals surface area contributed by atoms with Gasteiger partial charge in [0.15, 0.2) is 0 Å². The van der Waals surface area contributed by atoms with E-state index in [1.54, 1.807) is 19.9 Å². The van der Waals surface area contributed by atoms with Crippen molar-refractivity contribution in [2.75, 3.05) is 39.9 Å². The molecule has 1 amide bonds. The van der Waals surface area contributed by atoms with Crippen molar-refractivity contribution in [3.05, 3.63) is 28.8 Å². The van der Waals surface area contributed by atoms with Crippen LogP contribution in [0.15, 0.2) is 17.0 Å². The average molecular weight is 433 g/mol. The molecule has 0 spiro atoms. The molecular weight excluding hydrogens is 402 g/mol. The lowest BCUT2D eigenvalue weighted by Gasteiger charge is -2.30. The van der Waals surface area contributed by atoms with Crippen LogP contribution in [0.4, 0.5) is 8.78 Å². The standard InChI is InChI=1S/C20H30F2N2O4S/c1-14-5-7-24(8-6-14)29(26,27)18-12-17(11-15(2)16(18)3)20(25)23(9-10-28-4)13-19(21)22/h11-12,14,19H,5-10,13H2,1-4H3. The Bertz CT molecular complexity index is 822. The van der Waals surface area contributed by atoms with E-state index >= 15 is 0 Å². The number of benzene rings is 1. The van der Waals surface area contributed by atoms with E-state index in [1.165, 1.54) is 17.5 Å². The van der Waals surface area contributed by atoms with E-state index < -0.39 is 28.9 Å². The summed E-state index contributed by atoms with van der Waals surface area (Å²) in [5.41, 5.74) is 1.29. The molecule has 0 atom stereocenters. The van der Waals surface area contributed by atoms with Gasteiger partial charge in [-0.15, -0.1) is 0 Å². The number of alkyl halides is 2. The molecular formula is C20H30F2N2O4S. The summed E-state index contributed by atoms with van der Waals surface area (Å²) in [6, 6.07) is 2.88. The first-order valence-electron chi connectivity index (χ1n) is 9.75. The number of carbonyl (C=O) groups excluding carboxylic acids is 1. The number of amides is 1. The van der Waals surface area contributed by atoms with E-state index in [1.807, 2.05) is 0 Å². The molecule has 0 aliphatic carbocycles. The second-order valence-electron chi connectivity index (χ2n) is 7.64. The van der Waals surface area contributed by atoms with Gasteiger partial charge in [-0.05, 0) is 55.9 Å². The third-order valence-corrected chi connectivity index (χ3v) is 7.46. The SMILES string of the molecule is COCCN(CC(F)F)C(=O)c1cc(C)c(C)c(S(=O)(=O)N2CCC(C)CC2)c1. The normalized spacial score (nSPS) is 16.4. The fourth-order valence-electron chi connectivity index (χ4n) is 3.41. The topological polar surface area (TPSA) is 66.9 Å². The molecule has 0 bridgehead atoms. The Kier molecular flexibility index (Phi) is 8.13. The number of methoxy groups -OCH3 is 1. The molecule has 1 heterocycles. The van der Waals surface area contributed by atoms with Gasteiger partial charge in [0, 0.05) is 32.3 Å². The zero-order chi connectivity index (χ0) is 21.8. The van der Waals surface area contributed by atoms with Crippen molar-refractivity contribution in [1.29, 1.82) is 0 Å². The molecule has 9 heteroatoms. The molecule has 29 heavy (non-hydrogen) atoms. The first-order valence-corrected chi connectivity index (χ1v) is 11.2. The smallest absolute Gasteiger partial charge is 0.255 e. The number of hydrogen-bond donors (Lipinski definition) is 0. The Hall–Kier alpha value is -1.58. The van der Waals surface area contributed by atoms with Crippen LogP contribution in [-0.4, -0.2) is 69.9 Å². The molecule has 1 aliphatic heterocycles. The van der Waals surface area contributed by atoms with Gasteiger partial charge in [-0.3, -0.25) is 4.79 Å². The van der Waals surface area contributed by atoms with Gasteiger partial charge < -0.3 is 9.64 Å². The van der Waals surface area contributed by atoms with Gasteiger partial charge in [0.2, 0.25) is 10.0 Å². The maximum Gasteiger partial charge on any atom is 0.255 e. The third-order valence-electron chi connectivity index (χ3n) is 5.44. The number of halogens is 2. The number of ether oxygens (including phenoxy) is 1. The second kappa shape index (κ2) is 9.95. The summed E-state index contributed by atoms with van der Waals surface area (Å²) < 4.78 is 58.7. The Morgan fingerprint density at radius 2 is 1.90 bits per heavy atom. The third kappa shape index (κ3) is 5.73. The van der Waals surface area contributed by atoms with Crippen LogP contribution in [0.1, 0.15) is 41.3 Å². The molecule has 0 radical (unpaired) electrons. The molecule has 1 aromatic rings. The van der Waals surface area contributed by atoms with E-state index in [2.05, 4.69) is 6.92 Å². The molecule has 2 rings (SSSR count). The molecule has 1 saturated heterocycles. The summed E-state index contributed by atoms with van der Waals surface area (Å²) in [4.78, 5) is 13.9. The maximum atomic E-state index is 13.2. The van der Waals surface area contributed by atoms with E-state index in [-0.39, 0.29) is 23.6 Å². The van der Waals surface area contributed by atoms with Crippen molar-refractivity contribution in [3.8, 4) is 0 Å². The molecule has 0 N–H and O–H groups in total. The Morgan fingerprint density at radius 3 is 2.45 bits per heavy atom. The quantitative estimate of drug-likeness (QED) is 0.633. The molecule has 1 aromatic carbocycles. The van der Waals surface area contributed by atoms with Crippen LogP contribution < -0.4 is 0 Å². The Balaban J connectivity index is 2.40. The lowest BCUT2D eigenvalue weighted by atomic mass is 10.0. The minimum absolute atomic E-state index is 0.00130. The van der Waals surface area contributed by atoms with Crippen LogP contribution in [0, 0.1) is 19.8 Å². The number of nitrogens with zero attached hydrogens (tertiary/aromatic N) is 2. The van der Waals surface area contributed by atoms with Crippen LogP contribution in [0.5, 0.6) is 0 Å².